The molecule has 0 bridgehead atoms. The first-order chi connectivity index (χ1) is 13.7. The summed E-state index contributed by atoms with van der Waals surface area (Å²) in [6, 6.07) is 17.3. The van der Waals surface area contributed by atoms with Gasteiger partial charge in [-0.2, -0.15) is 9.97 Å². The van der Waals surface area contributed by atoms with Crippen LogP contribution in [0.25, 0.3) is 27.8 Å². The van der Waals surface area contributed by atoms with Crippen molar-refractivity contribution in [2.45, 2.75) is 0 Å². The number of aromatic amines is 1. The molecule has 0 unspecified atom stereocenters. The molecule has 0 radical (unpaired) electrons. The van der Waals surface area contributed by atoms with Gasteiger partial charge in [-0.25, -0.2) is 4.68 Å². The minimum Gasteiger partial charge on any atom is -0.495 e. The number of H-pyrrole nitrogens is 1. The second-order valence-electron chi connectivity index (χ2n) is 6.25. The molecule has 0 atom stereocenters. The Hall–Kier alpha value is -4.07. The van der Waals surface area contributed by atoms with E-state index in [4.69, 9.17) is 15.5 Å². The number of ether oxygens (including phenoxy) is 1. The minimum absolute atomic E-state index is 0.424. The van der Waals surface area contributed by atoms with Crippen molar-refractivity contribution in [1.82, 2.24) is 24.7 Å². The zero-order valence-corrected chi connectivity index (χ0v) is 15.0. The average molecular weight is 371 g/mol. The molecule has 5 rings (SSSR count). The number of methoxy groups -OCH3 is 1. The van der Waals surface area contributed by atoms with E-state index in [1.54, 1.807) is 11.8 Å². The summed E-state index contributed by atoms with van der Waals surface area (Å²) in [5.74, 6) is 2.22. The van der Waals surface area contributed by atoms with Crippen molar-refractivity contribution >= 4 is 39.4 Å². The van der Waals surface area contributed by atoms with Gasteiger partial charge in [0.25, 0.3) is 0 Å². The van der Waals surface area contributed by atoms with Gasteiger partial charge in [0.1, 0.15) is 11.4 Å². The summed E-state index contributed by atoms with van der Waals surface area (Å²) in [5.41, 5.74) is 8.46. The van der Waals surface area contributed by atoms with Crippen LogP contribution in [0.15, 0.2) is 60.8 Å². The van der Waals surface area contributed by atoms with Crippen LogP contribution in [0.1, 0.15) is 0 Å². The lowest BCUT2D eigenvalue weighted by atomic mass is 10.2. The van der Waals surface area contributed by atoms with Gasteiger partial charge in [-0.1, -0.05) is 24.3 Å². The Morgan fingerprint density at radius 3 is 2.71 bits per heavy atom. The van der Waals surface area contributed by atoms with Crippen LogP contribution in [0.4, 0.5) is 17.5 Å². The van der Waals surface area contributed by atoms with E-state index in [9.17, 15) is 0 Å². The van der Waals surface area contributed by atoms with Crippen LogP contribution in [0, 0.1) is 0 Å². The van der Waals surface area contributed by atoms with Crippen LogP contribution in [-0.2, 0) is 0 Å². The Balaban J connectivity index is 1.70. The SMILES string of the molecule is COc1ccccc1Nc1nc(-n2nc(N)c3ccccc32)c2cc[nH]c2n1. The standard InChI is InChI=1S/C20H17N7O/c1-28-16-9-5-3-7-14(16)23-20-24-18-13(10-11-22-18)19(25-20)27-15-8-4-2-6-12(15)17(21)26-27/h2-11H,1H3,(H2,21,26)(H2,22,23,24,25). The maximum absolute atomic E-state index is 6.12. The predicted octanol–water partition coefficient (Wildman–Crippen LogP) is 3.63. The van der Waals surface area contributed by atoms with Gasteiger partial charge < -0.3 is 20.8 Å². The fraction of sp³-hybridized carbons (Fsp3) is 0.0500. The lowest BCUT2D eigenvalue weighted by molar-refractivity contribution is 0.417. The molecule has 0 aliphatic rings. The maximum atomic E-state index is 6.12. The van der Waals surface area contributed by atoms with E-state index in [0.717, 1.165) is 22.0 Å². The normalized spacial score (nSPS) is 11.2. The molecule has 4 N–H and O–H groups in total. The molecule has 3 heterocycles. The Labute approximate surface area is 160 Å². The van der Waals surface area contributed by atoms with Gasteiger partial charge in [0.15, 0.2) is 11.6 Å². The maximum Gasteiger partial charge on any atom is 0.231 e. The smallest absolute Gasteiger partial charge is 0.231 e. The number of hydrogen-bond donors (Lipinski definition) is 3. The molecule has 0 amide bonds. The predicted molar refractivity (Wildman–Crippen MR) is 109 cm³/mol. The highest BCUT2D eigenvalue weighted by Gasteiger charge is 2.16. The van der Waals surface area contributed by atoms with Crippen LogP contribution in [-0.4, -0.2) is 31.8 Å². The van der Waals surface area contributed by atoms with E-state index in [1.165, 1.54) is 0 Å². The third-order valence-electron chi connectivity index (χ3n) is 4.57. The number of aromatic nitrogens is 5. The number of rotatable bonds is 4. The van der Waals surface area contributed by atoms with E-state index in [1.807, 2.05) is 60.8 Å². The fourth-order valence-corrected chi connectivity index (χ4v) is 3.26. The average Bonchev–Trinajstić information content (AvgIpc) is 3.33. The van der Waals surface area contributed by atoms with E-state index in [-0.39, 0.29) is 0 Å². The highest BCUT2D eigenvalue weighted by atomic mass is 16.5. The molecule has 8 nitrogen and oxygen atoms in total. The molecule has 0 aliphatic carbocycles. The summed E-state index contributed by atoms with van der Waals surface area (Å²) in [6.45, 7) is 0. The first-order valence-corrected chi connectivity index (χ1v) is 8.73. The van der Waals surface area contributed by atoms with Crippen LogP contribution < -0.4 is 15.8 Å². The highest BCUT2D eigenvalue weighted by molar-refractivity contribution is 5.93. The number of nitrogens with one attached hydrogen (secondary N) is 2. The largest absolute Gasteiger partial charge is 0.495 e. The van der Waals surface area contributed by atoms with Gasteiger partial charge in [0.2, 0.25) is 5.95 Å². The number of nitrogens with two attached hydrogens (primary N) is 1. The number of hydrogen-bond acceptors (Lipinski definition) is 6. The van der Waals surface area contributed by atoms with Gasteiger partial charge in [-0.05, 0) is 30.3 Å². The molecule has 5 aromatic rings. The molecule has 0 saturated heterocycles. The quantitative estimate of drug-likeness (QED) is 0.445. The zero-order valence-electron chi connectivity index (χ0n) is 15.0. The number of fused-ring (bicyclic) bond motifs is 2. The monoisotopic (exact) mass is 371 g/mol. The van der Waals surface area contributed by atoms with Gasteiger partial charge in [-0.15, -0.1) is 5.10 Å². The van der Waals surface area contributed by atoms with E-state index in [0.29, 0.717) is 29.0 Å². The molecule has 3 aromatic heterocycles. The minimum atomic E-state index is 0.424. The van der Waals surface area contributed by atoms with Crippen molar-refractivity contribution in [2.75, 3.05) is 18.2 Å². The van der Waals surface area contributed by atoms with E-state index >= 15 is 0 Å². The van der Waals surface area contributed by atoms with Crippen LogP contribution in [0.5, 0.6) is 5.75 Å². The summed E-state index contributed by atoms with van der Waals surface area (Å²) in [4.78, 5) is 12.4. The second kappa shape index (κ2) is 6.27. The van der Waals surface area contributed by atoms with Gasteiger partial charge in [-0.3, -0.25) is 0 Å². The van der Waals surface area contributed by atoms with Gasteiger partial charge in [0, 0.05) is 11.6 Å². The van der Waals surface area contributed by atoms with Gasteiger partial charge >= 0.3 is 0 Å². The van der Waals surface area contributed by atoms with Gasteiger partial charge in [0.05, 0.1) is 23.7 Å². The van der Waals surface area contributed by atoms with Crippen molar-refractivity contribution in [3.63, 3.8) is 0 Å². The molecule has 138 valence electrons. The van der Waals surface area contributed by atoms with Crippen molar-refractivity contribution < 1.29 is 4.74 Å². The molecular formula is C20H17N7O. The summed E-state index contributed by atoms with van der Waals surface area (Å²) in [6.07, 6.45) is 1.82. The summed E-state index contributed by atoms with van der Waals surface area (Å²) < 4.78 is 7.15. The molecule has 28 heavy (non-hydrogen) atoms. The van der Waals surface area contributed by atoms with Crippen LogP contribution in [0.2, 0.25) is 0 Å². The molecule has 0 saturated carbocycles. The third-order valence-corrected chi connectivity index (χ3v) is 4.57. The van der Waals surface area contributed by atoms with E-state index < -0.39 is 0 Å². The number of anilines is 3. The highest BCUT2D eigenvalue weighted by Crippen LogP contribution is 2.29. The van der Waals surface area contributed by atoms with Crippen molar-refractivity contribution in [3.8, 4) is 11.6 Å². The Bertz CT molecular complexity index is 1300. The summed E-state index contributed by atoms with van der Waals surface area (Å²) in [5, 5.41) is 9.47. The van der Waals surface area contributed by atoms with Crippen molar-refractivity contribution in [2.24, 2.45) is 0 Å². The fourth-order valence-electron chi connectivity index (χ4n) is 3.26. The molecule has 0 aliphatic heterocycles. The molecular weight excluding hydrogens is 354 g/mol. The second-order valence-corrected chi connectivity index (χ2v) is 6.25. The lowest BCUT2D eigenvalue weighted by Crippen LogP contribution is -2.06. The molecule has 8 heteroatoms. The molecule has 2 aromatic carbocycles. The number of nitrogen functional groups attached to an aromatic ring is 1. The summed E-state index contributed by atoms with van der Waals surface area (Å²) in [7, 11) is 1.62. The number of nitrogens with zero attached hydrogens (tertiary/aromatic N) is 4. The van der Waals surface area contributed by atoms with Crippen LogP contribution in [0.3, 0.4) is 0 Å². The molecule has 0 spiro atoms. The molecule has 0 fully saturated rings. The zero-order chi connectivity index (χ0) is 19.1. The Morgan fingerprint density at radius 2 is 1.82 bits per heavy atom. The topological polar surface area (TPSA) is 107 Å². The number of benzene rings is 2. The summed E-state index contributed by atoms with van der Waals surface area (Å²) >= 11 is 0. The van der Waals surface area contributed by atoms with Crippen LogP contribution >= 0.6 is 0 Å². The first-order valence-electron chi connectivity index (χ1n) is 8.73. The first kappa shape index (κ1) is 16.1. The number of para-hydroxylation sites is 3. The van der Waals surface area contributed by atoms with Crippen molar-refractivity contribution in [1.29, 1.82) is 0 Å². The Morgan fingerprint density at radius 1 is 1.00 bits per heavy atom. The lowest BCUT2D eigenvalue weighted by Gasteiger charge is -2.11. The van der Waals surface area contributed by atoms with E-state index in [2.05, 4.69) is 20.4 Å². The third kappa shape index (κ3) is 2.50. The van der Waals surface area contributed by atoms with Crippen molar-refractivity contribution in [3.05, 3.63) is 60.8 Å². The Kier molecular flexibility index (Phi) is 3.61.